The molecule has 194 valence electrons. The number of rotatable bonds is 3. The molecule has 2 aromatic heterocycles. The van der Waals surface area contributed by atoms with E-state index in [0.717, 1.165) is 0 Å². The lowest BCUT2D eigenvalue weighted by atomic mass is 10.2. The van der Waals surface area contributed by atoms with Gasteiger partial charge in [-0.05, 0) is 45.4 Å². The van der Waals surface area contributed by atoms with Crippen molar-refractivity contribution in [1.29, 1.82) is 0 Å². The van der Waals surface area contributed by atoms with Gasteiger partial charge in [0.05, 0.1) is 22.2 Å². The van der Waals surface area contributed by atoms with Crippen LogP contribution in [0, 0.1) is 11.6 Å². The summed E-state index contributed by atoms with van der Waals surface area (Å²) in [6.07, 6.45) is 2.12. The lowest BCUT2D eigenvalue weighted by molar-refractivity contribution is 0.0983. The Hall–Kier alpha value is -3.28. The Labute approximate surface area is 209 Å². The molecule has 5 rings (SSSR count). The summed E-state index contributed by atoms with van der Waals surface area (Å²) in [5, 5.41) is 3.98. The SMILES string of the molecule is CC(C)(C)S(=O)NC(=O)c1cnn2ccc(N3CCC(F)C3)c(F)c12.Fc1ccc2c(c1)OCCO2. The summed E-state index contributed by atoms with van der Waals surface area (Å²) in [7, 11) is -1.63. The van der Waals surface area contributed by atoms with Gasteiger partial charge in [0.2, 0.25) is 0 Å². The number of nitrogens with zero attached hydrogens (tertiary/aromatic N) is 3. The van der Waals surface area contributed by atoms with E-state index < -0.39 is 33.6 Å². The highest BCUT2D eigenvalue weighted by atomic mass is 32.2. The highest BCUT2D eigenvalue weighted by Crippen LogP contribution is 2.30. The number of hydrogen-bond donors (Lipinski definition) is 1. The van der Waals surface area contributed by atoms with E-state index in [-0.39, 0.29) is 29.1 Å². The van der Waals surface area contributed by atoms with Crippen LogP contribution < -0.4 is 19.1 Å². The van der Waals surface area contributed by atoms with E-state index in [1.165, 1.54) is 35.1 Å². The van der Waals surface area contributed by atoms with Crippen molar-refractivity contribution < 1.29 is 31.6 Å². The molecule has 0 radical (unpaired) electrons. The first-order chi connectivity index (χ1) is 17.0. The Morgan fingerprint density at radius 1 is 1.17 bits per heavy atom. The van der Waals surface area contributed by atoms with Crippen LogP contribution in [0.15, 0.2) is 36.7 Å². The lowest BCUT2D eigenvalue weighted by Crippen LogP contribution is -2.37. The smallest absolute Gasteiger partial charge is 0.266 e. The summed E-state index contributed by atoms with van der Waals surface area (Å²) in [5.74, 6) is -0.479. The number of pyridine rings is 1. The fourth-order valence-corrected chi connectivity index (χ4v) is 4.27. The van der Waals surface area contributed by atoms with E-state index in [1.54, 1.807) is 31.7 Å². The van der Waals surface area contributed by atoms with Crippen LogP contribution in [0.5, 0.6) is 11.5 Å². The number of ether oxygens (including phenoxy) is 2. The molecule has 8 nitrogen and oxygen atoms in total. The highest BCUT2D eigenvalue weighted by Gasteiger charge is 2.28. The number of amides is 1. The molecule has 2 unspecified atom stereocenters. The number of carbonyl (C=O) groups is 1. The Bertz CT molecular complexity index is 1290. The normalized spacial score (nSPS) is 17.9. The van der Waals surface area contributed by atoms with Crippen molar-refractivity contribution in [2.75, 3.05) is 31.2 Å². The van der Waals surface area contributed by atoms with Crippen LogP contribution in [0.25, 0.3) is 5.52 Å². The Kier molecular flexibility index (Phi) is 7.43. The van der Waals surface area contributed by atoms with E-state index in [4.69, 9.17) is 9.47 Å². The number of carbonyl (C=O) groups excluding carboxylic acids is 1. The van der Waals surface area contributed by atoms with Crippen molar-refractivity contribution in [3.8, 4) is 11.5 Å². The molecular weight excluding hydrogens is 497 g/mol. The summed E-state index contributed by atoms with van der Waals surface area (Å²) >= 11 is 0. The van der Waals surface area contributed by atoms with Crippen LogP contribution in [-0.4, -0.2) is 57.0 Å². The monoisotopic (exact) mass is 524 g/mol. The second kappa shape index (κ2) is 10.4. The second-order valence-electron chi connectivity index (χ2n) is 9.30. The first kappa shape index (κ1) is 25.8. The minimum absolute atomic E-state index is 0.00653. The Morgan fingerprint density at radius 2 is 1.89 bits per heavy atom. The lowest BCUT2D eigenvalue weighted by Gasteiger charge is -2.19. The number of halogens is 3. The van der Waals surface area contributed by atoms with Crippen molar-refractivity contribution in [3.63, 3.8) is 0 Å². The number of anilines is 1. The van der Waals surface area contributed by atoms with Gasteiger partial charge in [-0.15, -0.1) is 0 Å². The molecule has 2 aliphatic rings. The Balaban J connectivity index is 0.000000229. The van der Waals surface area contributed by atoms with Gasteiger partial charge in [0, 0.05) is 25.4 Å². The molecule has 4 heterocycles. The third kappa shape index (κ3) is 5.58. The maximum absolute atomic E-state index is 15.0. The topological polar surface area (TPSA) is 85.2 Å². The molecule has 0 bridgehead atoms. The zero-order valence-electron chi connectivity index (χ0n) is 20.1. The first-order valence-electron chi connectivity index (χ1n) is 11.4. The summed E-state index contributed by atoms with van der Waals surface area (Å²) in [4.78, 5) is 14.0. The predicted octanol–water partition coefficient (Wildman–Crippen LogP) is 3.81. The number of hydrogen-bond acceptors (Lipinski definition) is 6. The zero-order chi connectivity index (χ0) is 26.0. The van der Waals surface area contributed by atoms with E-state index in [0.29, 0.717) is 37.7 Å². The van der Waals surface area contributed by atoms with Gasteiger partial charge in [-0.2, -0.15) is 5.10 Å². The molecule has 0 spiro atoms. The quantitative estimate of drug-likeness (QED) is 0.561. The molecule has 2 aliphatic heterocycles. The average Bonchev–Trinajstić information content (AvgIpc) is 3.46. The number of nitrogens with one attached hydrogen (secondary N) is 1. The molecule has 1 fully saturated rings. The summed E-state index contributed by atoms with van der Waals surface area (Å²) in [6, 6.07) is 5.77. The number of fused-ring (bicyclic) bond motifs is 2. The van der Waals surface area contributed by atoms with Gasteiger partial charge >= 0.3 is 0 Å². The molecule has 0 aliphatic carbocycles. The largest absolute Gasteiger partial charge is 0.486 e. The van der Waals surface area contributed by atoms with Crippen LogP contribution >= 0.6 is 0 Å². The van der Waals surface area contributed by atoms with Crippen molar-refractivity contribution in [2.24, 2.45) is 0 Å². The number of benzene rings is 1. The summed E-state index contributed by atoms with van der Waals surface area (Å²) < 4.78 is 66.4. The second-order valence-corrected chi connectivity index (χ2v) is 11.3. The van der Waals surface area contributed by atoms with Crippen LogP contribution in [0.4, 0.5) is 18.9 Å². The standard InChI is InChI=1S/C16H20F2N4O2S.C8H7FO2/c1-16(2,3)25(24)20-15(23)11-8-19-22-7-5-12(13(18)14(11)22)21-6-4-10(17)9-21;9-6-1-2-7-8(5-6)11-4-3-10-7/h5,7-8,10H,4,6,9H2,1-3H3,(H,20,23);1-2,5H,3-4H2. The van der Waals surface area contributed by atoms with Crippen molar-refractivity contribution >= 4 is 28.1 Å². The third-order valence-corrected chi connectivity index (χ3v) is 7.05. The van der Waals surface area contributed by atoms with E-state index in [1.807, 2.05) is 0 Å². The molecule has 3 aromatic rings. The third-order valence-electron chi connectivity index (χ3n) is 5.56. The first-order valence-corrected chi connectivity index (χ1v) is 12.5. The molecule has 1 amide bonds. The molecule has 1 N–H and O–H groups in total. The van der Waals surface area contributed by atoms with Crippen LogP contribution in [-0.2, 0) is 11.0 Å². The van der Waals surface area contributed by atoms with Crippen molar-refractivity contribution in [2.45, 2.75) is 38.1 Å². The summed E-state index contributed by atoms with van der Waals surface area (Å²) in [5.41, 5.74) is 0.218. The molecule has 1 aromatic carbocycles. The van der Waals surface area contributed by atoms with Crippen molar-refractivity contribution in [3.05, 3.63) is 53.9 Å². The van der Waals surface area contributed by atoms with Gasteiger partial charge in [0.25, 0.3) is 5.91 Å². The average molecular weight is 525 g/mol. The maximum Gasteiger partial charge on any atom is 0.266 e. The van der Waals surface area contributed by atoms with Crippen LogP contribution in [0.1, 0.15) is 37.6 Å². The van der Waals surface area contributed by atoms with Gasteiger partial charge in [-0.1, -0.05) is 0 Å². The molecule has 36 heavy (non-hydrogen) atoms. The number of alkyl halides is 1. The van der Waals surface area contributed by atoms with Gasteiger partial charge < -0.3 is 14.4 Å². The van der Waals surface area contributed by atoms with E-state index in [9.17, 15) is 22.2 Å². The van der Waals surface area contributed by atoms with Crippen LogP contribution in [0.3, 0.4) is 0 Å². The minimum atomic E-state index is -1.63. The van der Waals surface area contributed by atoms with E-state index >= 15 is 0 Å². The fraction of sp³-hybridized carbons (Fsp3) is 0.417. The zero-order valence-corrected chi connectivity index (χ0v) is 20.9. The van der Waals surface area contributed by atoms with Gasteiger partial charge in [0.1, 0.15) is 41.7 Å². The van der Waals surface area contributed by atoms with Gasteiger partial charge in [-0.3, -0.25) is 9.52 Å². The minimum Gasteiger partial charge on any atom is -0.486 e. The molecule has 2 atom stereocenters. The molecular formula is C24H27F3N4O4S. The van der Waals surface area contributed by atoms with Gasteiger partial charge in [-0.25, -0.2) is 21.9 Å². The molecule has 1 saturated heterocycles. The maximum atomic E-state index is 15.0. The summed E-state index contributed by atoms with van der Waals surface area (Å²) in [6.45, 7) is 6.74. The molecule has 12 heteroatoms. The Morgan fingerprint density at radius 3 is 2.56 bits per heavy atom. The van der Waals surface area contributed by atoms with Gasteiger partial charge in [0.15, 0.2) is 17.3 Å². The predicted molar refractivity (Wildman–Crippen MR) is 130 cm³/mol. The molecule has 0 saturated carbocycles. The number of aromatic nitrogens is 2. The van der Waals surface area contributed by atoms with E-state index in [2.05, 4.69) is 9.82 Å². The van der Waals surface area contributed by atoms with Crippen LogP contribution in [0.2, 0.25) is 0 Å². The van der Waals surface area contributed by atoms with Crippen molar-refractivity contribution in [1.82, 2.24) is 14.3 Å². The fourth-order valence-electron chi connectivity index (χ4n) is 3.69. The highest BCUT2D eigenvalue weighted by molar-refractivity contribution is 7.85.